The van der Waals surface area contributed by atoms with Crippen molar-refractivity contribution in [3.8, 4) is 11.5 Å². The van der Waals surface area contributed by atoms with Crippen molar-refractivity contribution in [3.05, 3.63) is 23.8 Å². The number of carbonyl (C=O) groups excluding carboxylic acids is 1. The van der Waals surface area contributed by atoms with E-state index < -0.39 is 30.6 Å². The minimum absolute atomic E-state index is 0.156. The average molecular weight is 287 g/mol. The molecule has 1 aromatic rings. The van der Waals surface area contributed by atoms with Crippen LogP contribution in [-0.4, -0.2) is 19.0 Å². The van der Waals surface area contributed by atoms with Crippen molar-refractivity contribution in [2.24, 2.45) is 0 Å². The molecule has 19 heavy (non-hydrogen) atoms. The largest absolute Gasteiger partial charge is 0.573 e. The summed E-state index contributed by atoms with van der Waals surface area (Å²) >= 11 is 0. The van der Waals surface area contributed by atoms with Gasteiger partial charge in [-0.2, -0.15) is 0 Å². The molecule has 0 N–H and O–H groups in total. The maximum Gasteiger partial charge on any atom is 0.573 e. The topological polar surface area (TPSA) is 35.5 Å². The van der Waals surface area contributed by atoms with Gasteiger partial charge in [0.1, 0.15) is 11.5 Å². The van der Waals surface area contributed by atoms with Gasteiger partial charge in [-0.25, -0.2) is 0 Å². The molecule has 9 heteroatoms. The summed E-state index contributed by atoms with van der Waals surface area (Å²) in [6.45, 7) is 0. The van der Waals surface area contributed by atoms with Crippen LogP contribution in [0, 0.1) is 0 Å². The smallest absolute Gasteiger partial charge is 0.406 e. The maximum atomic E-state index is 12.0. The second kappa shape index (κ2) is 5.37. The van der Waals surface area contributed by atoms with Gasteiger partial charge in [0.05, 0.1) is 0 Å². The van der Waals surface area contributed by atoms with Crippen LogP contribution in [0.25, 0.3) is 0 Å². The third kappa shape index (κ3) is 5.98. The molecule has 0 fully saturated rings. The normalized spacial score (nSPS) is 12.1. The first-order valence-corrected chi connectivity index (χ1v) is 4.59. The first-order chi connectivity index (χ1) is 8.59. The van der Waals surface area contributed by atoms with Crippen molar-refractivity contribution < 1.29 is 40.6 Å². The van der Waals surface area contributed by atoms with E-state index in [9.17, 15) is 31.1 Å². The standard InChI is InChI=1S/C10H5F6O3/c11-9(12,13)18-7-3-6(1-2-17)4-8(5-7)19-10(14,15)16/h3-5H,1H2. The fourth-order valence-electron chi connectivity index (χ4n) is 1.20. The molecule has 105 valence electrons. The highest BCUT2D eigenvalue weighted by Crippen LogP contribution is 2.31. The monoisotopic (exact) mass is 287 g/mol. The number of benzene rings is 1. The van der Waals surface area contributed by atoms with Gasteiger partial charge in [-0.1, -0.05) is 0 Å². The number of rotatable bonds is 4. The minimum atomic E-state index is -5.07. The molecule has 1 radical (unpaired) electrons. The summed E-state index contributed by atoms with van der Waals surface area (Å²) in [6, 6.07) is 1.94. The highest BCUT2D eigenvalue weighted by Gasteiger charge is 2.33. The molecular formula is C10H5F6O3. The van der Waals surface area contributed by atoms with Crippen molar-refractivity contribution in [2.45, 2.75) is 19.1 Å². The quantitative estimate of drug-likeness (QED) is 0.798. The molecule has 0 saturated carbocycles. The molecule has 0 unspecified atom stereocenters. The van der Waals surface area contributed by atoms with Crippen molar-refractivity contribution in [1.82, 2.24) is 0 Å². The molecule has 0 spiro atoms. The molecular weight excluding hydrogens is 282 g/mol. The Hall–Kier alpha value is -1.93. The number of hydrogen-bond acceptors (Lipinski definition) is 3. The molecule has 0 amide bonds. The van der Waals surface area contributed by atoms with Gasteiger partial charge < -0.3 is 9.47 Å². The second-order valence-electron chi connectivity index (χ2n) is 3.23. The van der Waals surface area contributed by atoms with E-state index in [-0.39, 0.29) is 5.56 Å². The van der Waals surface area contributed by atoms with E-state index in [0.717, 1.165) is 12.1 Å². The number of halogens is 6. The summed E-state index contributed by atoms with van der Waals surface area (Å²) in [7, 11) is 0. The van der Waals surface area contributed by atoms with Crippen LogP contribution in [0.2, 0.25) is 0 Å². The van der Waals surface area contributed by atoms with E-state index in [0.29, 0.717) is 6.07 Å². The molecule has 0 heterocycles. The molecule has 0 saturated heterocycles. The molecule has 1 aromatic carbocycles. The first-order valence-electron chi connectivity index (χ1n) is 4.59. The maximum absolute atomic E-state index is 12.0. The zero-order chi connectivity index (χ0) is 14.7. The SMILES string of the molecule is O=[C]Cc1cc(OC(F)(F)F)cc(OC(F)(F)F)c1. The fourth-order valence-corrected chi connectivity index (χ4v) is 1.20. The predicted molar refractivity (Wildman–Crippen MR) is 49.2 cm³/mol. The Morgan fingerprint density at radius 1 is 0.895 bits per heavy atom. The van der Waals surface area contributed by atoms with Crippen molar-refractivity contribution in [1.29, 1.82) is 0 Å². The highest BCUT2D eigenvalue weighted by atomic mass is 19.4. The third-order valence-electron chi connectivity index (χ3n) is 1.68. The summed E-state index contributed by atoms with van der Waals surface area (Å²) in [5.41, 5.74) is -0.156. The molecule has 0 atom stereocenters. The predicted octanol–water partition coefficient (Wildman–Crippen LogP) is 3.14. The molecule has 0 aliphatic heterocycles. The van der Waals surface area contributed by atoms with Crippen LogP contribution >= 0.6 is 0 Å². The van der Waals surface area contributed by atoms with Crippen LogP contribution in [0.15, 0.2) is 18.2 Å². The lowest BCUT2D eigenvalue weighted by Crippen LogP contribution is -2.19. The highest BCUT2D eigenvalue weighted by molar-refractivity contribution is 5.57. The van der Waals surface area contributed by atoms with Crippen LogP contribution in [0.5, 0.6) is 11.5 Å². The van der Waals surface area contributed by atoms with Gasteiger partial charge in [0.2, 0.25) is 6.29 Å². The second-order valence-corrected chi connectivity index (χ2v) is 3.23. The summed E-state index contributed by atoms with van der Waals surface area (Å²) < 4.78 is 78.7. The molecule has 0 aromatic heterocycles. The third-order valence-corrected chi connectivity index (χ3v) is 1.68. The Morgan fingerprint density at radius 3 is 1.63 bits per heavy atom. The molecule has 0 aliphatic rings. The fraction of sp³-hybridized carbons (Fsp3) is 0.300. The van der Waals surface area contributed by atoms with Gasteiger partial charge >= 0.3 is 12.7 Å². The van der Waals surface area contributed by atoms with E-state index in [1.54, 1.807) is 0 Å². The van der Waals surface area contributed by atoms with Gasteiger partial charge in [0, 0.05) is 12.5 Å². The number of alkyl halides is 6. The average Bonchev–Trinajstić information content (AvgIpc) is 2.11. The van der Waals surface area contributed by atoms with Gasteiger partial charge in [-0.05, 0) is 17.7 Å². The van der Waals surface area contributed by atoms with E-state index in [1.165, 1.54) is 6.29 Å². The van der Waals surface area contributed by atoms with Crippen LogP contribution < -0.4 is 9.47 Å². The van der Waals surface area contributed by atoms with E-state index >= 15 is 0 Å². The van der Waals surface area contributed by atoms with Gasteiger partial charge in [-0.3, -0.25) is 4.79 Å². The van der Waals surface area contributed by atoms with Gasteiger partial charge in [0.25, 0.3) is 0 Å². The minimum Gasteiger partial charge on any atom is -0.406 e. The lowest BCUT2D eigenvalue weighted by Gasteiger charge is -2.13. The Kier molecular flexibility index (Phi) is 4.28. The Labute approximate surface area is 102 Å². The Balaban J connectivity index is 3.06. The van der Waals surface area contributed by atoms with Crippen molar-refractivity contribution in [2.75, 3.05) is 0 Å². The summed E-state index contributed by atoms with van der Waals surface area (Å²) in [6.07, 6.45) is -9.30. The lowest BCUT2D eigenvalue weighted by molar-refractivity contribution is -0.276. The van der Waals surface area contributed by atoms with Gasteiger partial charge in [0.15, 0.2) is 0 Å². The van der Waals surface area contributed by atoms with Crippen LogP contribution in [0.1, 0.15) is 5.56 Å². The number of hydrogen-bond donors (Lipinski definition) is 0. The molecule has 0 aliphatic carbocycles. The van der Waals surface area contributed by atoms with Crippen molar-refractivity contribution in [3.63, 3.8) is 0 Å². The molecule has 3 nitrogen and oxygen atoms in total. The summed E-state index contributed by atoms with van der Waals surface area (Å²) in [5.74, 6) is -1.83. The van der Waals surface area contributed by atoms with Gasteiger partial charge in [-0.15, -0.1) is 26.3 Å². The number of ether oxygens (including phenoxy) is 2. The van der Waals surface area contributed by atoms with E-state index in [4.69, 9.17) is 0 Å². The van der Waals surface area contributed by atoms with Crippen LogP contribution in [0.4, 0.5) is 26.3 Å². The first kappa shape index (κ1) is 15.1. The van der Waals surface area contributed by atoms with Crippen molar-refractivity contribution >= 4 is 6.29 Å². The lowest BCUT2D eigenvalue weighted by atomic mass is 10.1. The Bertz CT molecular complexity index is 417. The summed E-state index contributed by atoms with van der Waals surface area (Å²) in [4.78, 5) is 10.1. The molecule has 1 rings (SSSR count). The molecule has 0 bridgehead atoms. The van der Waals surface area contributed by atoms with E-state index in [2.05, 4.69) is 9.47 Å². The summed E-state index contributed by atoms with van der Waals surface area (Å²) in [5, 5.41) is 0. The van der Waals surface area contributed by atoms with Crippen LogP contribution in [0.3, 0.4) is 0 Å². The Morgan fingerprint density at radius 2 is 1.32 bits per heavy atom. The van der Waals surface area contributed by atoms with Crippen LogP contribution in [-0.2, 0) is 11.2 Å². The zero-order valence-electron chi connectivity index (χ0n) is 8.93. The zero-order valence-corrected chi connectivity index (χ0v) is 8.93. The van der Waals surface area contributed by atoms with E-state index in [1.807, 2.05) is 0 Å².